The van der Waals surface area contributed by atoms with Crippen LogP contribution in [0.1, 0.15) is 89.2 Å². The van der Waals surface area contributed by atoms with E-state index < -0.39 is 41.4 Å². The molecule has 6 aliphatic carbocycles. The number of esters is 3. The van der Waals surface area contributed by atoms with Crippen molar-refractivity contribution in [3.63, 3.8) is 0 Å². The molecule has 1 aromatic rings. The molecule has 8 unspecified atom stereocenters. The van der Waals surface area contributed by atoms with Crippen molar-refractivity contribution < 1.29 is 33.4 Å². The number of rotatable bonds is 7. The second-order valence-corrected chi connectivity index (χ2v) is 14.2. The molecular weight excluding hydrogens is 526 g/mol. The summed E-state index contributed by atoms with van der Waals surface area (Å²) in [6.07, 6.45) is 2.87. The first-order valence-corrected chi connectivity index (χ1v) is 15.2. The number of ether oxygens (including phenoxy) is 3. The van der Waals surface area contributed by atoms with Crippen molar-refractivity contribution in [2.45, 2.75) is 90.3 Å². The van der Waals surface area contributed by atoms with Crippen LogP contribution in [-0.4, -0.2) is 35.9 Å². The van der Waals surface area contributed by atoms with Crippen molar-refractivity contribution >= 4 is 29.4 Å². The number of benzene rings is 1. The topological polar surface area (TPSA) is 125 Å². The van der Waals surface area contributed by atoms with Gasteiger partial charge in [-0.25, -0.2) is 0 Å². The molecule has 6 bridgehead atoms. The lowest BCUT2D eigenvalue weighted by Crippen LogP contribution is -2.56. The summed E-state index contributed by atoms with van der Waals surface area (Å²) in [5.41, 5.74) is 1.02. The summed E-state index contributed by atoms with van der Waals surface area (Å²) < 4.78 is 18.1. The van der Waals surface area contributed by atoms with Gasteiger partial charge in [0.1, 0.15) is 29.4 Å². The SMILES string of the molecule is CC(C)c1cc(N=O)cc(C(C)C)c1OC(=O)C1C2CC3C(OC(=O)C31)C2OC(=O)C12CC3CC(C1)C(=O)C(C3)C2. The molecule has 1 aliphatic heterocycles. The summed E-state index contributed by atoms with van der Waals surface area (Å²) >= 11 is 0. The van der Waals surface area contributed by atoms with Gasteiger partial charge in [-0.3, -0.25) is 19.2 Å². The second kappa shape index (κ2) is 9.20. The minimum absolute atomic E-state index is 0.0429. The molecule has 0 amide bonds. The van der Waals surface area contributed by atoms with Gasteiger partial charge in [0, 0.05) is 34.8 Å². The maximum Gasteiger partial charge on any atom is 0.315 e. The summed E-state index contributed by atoms with van der Waals surface area (Å²) in [7, 11) is 0. The number of nitrogens with zero attached hydrogens (tertiary/aromatic N) is 1. The van der Waals surface area contributed by atoms with E-state index in [9.17, 15) is 24.1 Å². The van der Waals surface area contributed by atoms with E-state index in [-0.39, 0.29) is 47.2 Å². The number of nitroso groups, excluding NO2 is 1. The highest BCUT2D eigenvalue weighted by Gasteiger charge is 2.71. The normalized spacial score (nSPS) is 39.5. The lowest BCUT2D eigenvalue weighted by atomic mass is 9.49. The molecule has 1 saturated heterocycles. The first-order valence-electron chi connectivity index (χ1n) is 15.2. The zero-order valence-electron chi connectivity index (χ0n) is 24.0. The average molecular weight is 564 g/mol. The molecule has 7 fully saturated rings. The molecule has 41 heavy (non-hydrogen) atoms. The zero-order valence-corrected chi connectivity index (χ0v) is 24.0. The van der Waals surface area contributed by atoms with Gasteiger partial charge in [-0.1, -0.05) is 27.7 Å². The van der Waals surface area contributed by atoms with Crippen molar-refractivity contribution in [1.29, 1.82) is 0 Å². The molecule has 0 radical (unpaired) electrons. The quantitative estimate of drug-likeness (QED) is 0.247. The van der Waals surface area contributed by atoms with Crippen LogP contribution in [0.3, 0.4) is 0 Å². The smallest absolute Gasteiger partial charge is 0.315 e. The van der Waals surface area contributed by atoms with Gasteiger partial charge in [-0.2, -0.15) is 0 Å². The van der Waals surface area contributed by atoms with Crippen LogP contribution in [-0.2, 0) is 28.7 Å². The van der Waals surface area contributed by atoms with E-state index >= 15 is 0 Å². The Balaban J connectivity index is 1.16. The monoisotopic (exact) mass is 563 g/mol. The van der Waals surface area contributed by atoms with Gasteiger partial charge in [-0.05, 0) is 73.6 Å². The fourth-order valence-corrected chi connectivity index (χ4v) is 9.57. The average Bonchev–Trinajstić information content (AvgIpc) is 3.55. The molecule has 218 valence electrons. The minimum Gasteiger partial charge on any atom is -0.458 e. The Kier molecular flexibility index (Phi) is 6.01. The Morgan fingerprint density at radius 3 is 2.17 bits per heavy atom. The van der Waals surface area contributed by atoms with Crippen LogP contribution in [0.2, 0.25) is 0 Å². The van der Waals surface area contributed by atoms with Crippen molar-refractivity contribution in [1.82, 2.24) is 0 Å². The van der Waals surface area contributed by atoms with Crippen LogP contribution in [0.5, 0.6) is 5.75 Å². The van der Waals surface area contributed by atoms with E-state index in [0.29, 0.717) is 47.8 Å². The van der Waals surface area contributed by atoms with E-state index in [0.717, 1.165) is 19.3 Å². The number of ketones is 1. The summed E-state index contributed by atoms with van der Waals surface area (Å²) in [5.74, 6) is -2.36. The number of carbonyl (C=O) groups excluding carboxylic acids is 4. The third-order valence-corrected chi connectivity index (χ3v) is 11.2. The van der Waals surface area contributed by atoms with E-state index in [1.165, 1.54) is 0 Å². The molecule has 1 heterocycles. The first-order chi connectivity index (χ1) is 19.5. The molecule has 8 rings (SSSR count). The van der Waals surface area contributed by atoms with E-state index in [1.807, 2.05) is 27.7 Å². The van der Waals surface area contributed by atoms with Gasteiger partial charge < -0.3 is 14.2 Å². The van der Waals surface area contributed by atoms with Crippen LogP contribution in [0.4, 0.5) is 5.69 Å². The van der Waals surface area contributed by atoms with Crippen LogP contribution in [0.25, 0.3) is 0 Å². The van der Waals surface area contributed by atoms with Crippen LogP contribution in [0, 0.1) is 51.7 Å². The van der Waals surface area contributed by atoms with E-state index in [1.54, 1.807) is 12.1 Å². The molecule has 7 aliphatic rings. The van der Waals surface area contributed by atoms with E-state index in [4.69, 9.17) is 14.2 Å². The molecular formula is C32H37NO8. The van der Waals surface area contributed by atoms with Crippen molar-refractivity contribution in [2.24, 2.45) is 52.0 Å². The maximum absolute atomic E-state index is 13.9. The summed E-state index contributed by atoms with van der Waals surface area (Å²) in [6.45, 7) is 7.81. The molecule has 1 aromatic carbocycles. The van der Waals surface area contributed by atoms with Gasteiger partial charge in [0.25, 0.3) is 0 Å². The van der Waals surface area contributed by atoms with Crippen molar-refractivity contribution in [3.8, 4) is 5.75 Å². The molecule has 9 nitrogen and oxygen atoms in total. The predicted molar refractivity (Wildman–Crippen MR) is 145 cm³/mol. The molecule has 8 atom stereocenters. The van der Waals surface area contributed by atoms with Crippen molar-refractivity contribution in [2.75, 3.05) is 0 Å². The third kappa shape index (κ3) is 3.86. The highest BCUT2D eigenvalue weighted by atomic mass is 16.6. The second-order valence-electron chi connectivity index (χ2n) is 14.2. The van der Waals surface area contributed by atoms with Gasteiger partial charge in [0.15, 0.2) is 0 Å². The number of carbonyl (C=O) groups is 4. The number of Topliss-reactive ketones (excluding diaryl/α,β-unsaturated/α-hetero) is 1. The number of hydrogen-bond acceptors (Lipinski definition) is 9. The predicted octanol–water partition coefficient (Wildman–Crippen LogP) is 5.35. The van der Waals surface area contributed by atoms with Crippen LogP contribution >= 0.6 is 0 Å². The maximum atomic E-state index is 13.9. The van der Waals surface area contributed by atoms with Gasteiger partial charge in [0.2, 0.25) is 0 Å². The first kappa shape index (κ1) is 26.8. The summed E-state index contributed by atoms with van der Waals surface area (Å²) in [5, 5.41) is 3.12. The fraction of sp³-hybridized carbons (Fsp3) is 0.688. The molecule has 0 spiro atoms. The largest absolute Gasteiger partial charge is 0.458 e. The summed E-state index contributed by atoms with van der Waals surface area (Å²) in [4.78, 5) is 64.9. The molecule has 0 N–H and O–H groups in total. The molecule has 0 aromatic heterocycles. The Bertz CT molecular complexity index is 1320. The van der Waals surface area contributed by atoms with Gasteiger partial charge in [0.05, 0.1) is 17.3 Å². The van der Waals surface area contributed by atoms with Gasteiger partial charge in [-0.15, -0.1) is 4.91 Å². The lowest BCUT2D eigenvalue weighted by molar-refractivity contribution is -0.188. The number of fused-ring (bicyclic) bond motifs is 1. The Labute approximate surface area is 239 Å². The number of hydrogen-bond donors (Lipinski definition) is 0. The molecule has 6 saturated carbocycles. The highest BCUT2D eigenvalue weighted by molar-refractivity contribution is 5.90. The van der Waals surface area contributed by atoms with Crippen LogP contribution in [0.15, 0.2) is 17.3 Å². The van der Waals surface area contributed by atoms with E-state index in [2.05, 4.69) is 5.18 Å². The standard InChI is InChI=1S/C32H37NO8/c1-13(2)19-7-18(33-38)8-20(14(3)4)26(19)39-29(35)24-22-9-21-23(24)30(36)40-27(21)28(22)41-31(37)32-10-15-5-16(11-32)25(34)17(6-15)12-32/h7-8,13-17,21-24,27-28H,5-6,9-12H2,1-4H3. The lowest BCUT2D eigenvalue weighted by Gasteiger charge is -2.54. The van der Waals surface area contributed by atoms with Gasteiger partial charge >= 0.3 is 17.9 Å². The highest BCUT2D eigenvalue weighted by Crippen LogP contribution is 2.62. The third-order valence-electron chi connectivity index (χ3n) is 11.2. The minimum atomic E-state index is -0.786. The molecule has 9 heteroatoms. The Morgan fingerprint density at radius 2 is 1.59 bits per heavy atom. The van der Waals surface area contributed by atoms with Crippen molar-refractivity contribution in [3.05, 3.63) is 28.2 Å². The fourth-order valence-electron chi connectivity index (χ4n) is 9.57. The Morgan fingerprint density at radius 1 is 0.951 bits per heavy atom. The zero-order chi connectivity index (χ0) is 29.0. The van der Waals surface area contributed by atoms with Crippen LogP contribution < -0.4 is 4.74 Å². The summed E-state index contributed by atoms with van der Waals surface area (Å²) in [6, 6.07) is 3.29. The Hall–Kier alpha value is -3.10.